The molecule has 1 aliphatic carbocycles. The quantitative estimate of drug-likeness (QED) is 0.819. The Morgan fingerprint density at radius 3 is 2.67 bits per heavy atom. The summed E-state index contributed by atoms with van der Waals surface area (Å²) in [7, 11) is 5.57. The van der Waals surface area contributed by atoms with Gasteiger partial charge in [-0.25, -0.2) is 0 Å². The number of para-hydroxylation sites is 1. The van der Waals surface area contributed by atoms with E-state index in [1.807, 2.05) is 60.3 Å². The van der Waals surface area contributed by atoms with Crippen LogP contribution in [0.1, 0.15) is 28.9 Å². The number of rotatable bonds is 6. The predicted molar refractivity (Wildman–Crippen MR) is 94.5 cm³/mol. The SMILES string of the molecule is COc1ccccc1CN(C(=O)c1cc(N(C)C)ccn1)C1CC1. The van der Waals surface area contributed by atoms with Crippen molar-refractivity contribution in [2.75, 3.05) is 26.1 Å². The molecule has 0 bridgehead atoms. The Morgan fingerprint density at radius 2 is 2.00 bits per heavy atom. The van der Waals surface area contributed by atoms with Crippen LogP contribution in [-0.4, -0.2) is 43.0 Å². The first-order valence-corrected chi connectivity index (χ1v) is 8.16. The van der Waals surface area contributed by atoms with E-state index in [1.165, 1.54) is 0 Å². The largest absolute Gasteiger partial charge is 0.496 e. The summed E-state index contributed by atoms with van der Waals surface area (Å²) >= 11 is 0. The van der Waals surface area contributed by atoms with E-state index in [2.05, 4.69) is 4.98 Å². The molecule has 5 nitrogen and oxygen atoms in total. The molecule has 1 heterocycles. The molecule has 2 aromatic rings. The Balaban J connectivity index is 1.86. The third kappa shape index (κ3) is 3.50. The zero-order valence-corrected chi connectivity index (χ0v) is 14.4. The van der Waals surface area contributed by atoms with Crippen molar-refractivity contribution in [2.45, 2.75) is 25.4 Å². The fourth-order valence-electron chi connectivity index (χ4n) is 2.73. The van der Waals surface area contributed by atoms with Crippen LogP contribution < -0.4 is 9.64 Å². The molecule has 24 heavy (non-hydrogen) atoms. The lowest BCUT2D eigenvalue weighted by molar-refractivity contribution is 0.0723. The number of hydrogen-bond donors (Lipinski definition) is 0. The van der Waals surface area contributed by atoms with E-state index in [0.29, 0.717) is 18.3 Å². The number of pyridine rings is 1. The van der Waals surface area contributed by atoms with E-state index in [0.717, 1.165) is 29.8 Å². The molecule has 1 aliphatic rings. The molecule has 0 radical (unpaired) electrons. The number of anilines is 1. The average molecular weight is 325 g/mol. The van der Waals surface area contributed by atoms with Crippen molar-refractivity contribution in [1.29, 1.82) is 0 Å². The third-order valence-electron chi connectivity index (χ3n) is 4.26. The highest BCUT2D eigenvalue weighted by Gasteiger charge is 2.34. The lowest BCUT2D eigenvalue weighted by Gasteiger charge is -2.23. The topological polar surface area (TPSA) is 45.7 Å². The fourth-order valence-corrected chi connectivity index (χ4v) is 2.73. The first-order valence-electron chi connectivity index (χ1n) is 8.16. The molecule has 5 heteroatoms. The van der Waals surface area contributed by atoms with Crippen LogP contribution in [0.4, 0.5) is 5.69 Å². The number of benzene rings is 1. The summed E-state index contributed by atoms with van der Waals surface area (Å²) in [4.78, 5) is 21.2. The molecule has 1 amide bonds. The first-order chi connectivity index (χ1) is 11.6. The van der Waals surface area contributed by atoms with Crippen LogP contribution in [0.3, 0.4) is 0 Å². The molecule has 0 saturated heterocycles. The Bertz CT molecular complexity index is 726. The molecule has 1 fully saturated rings. The van der Waals surface area contributed by atoms with Crippen LogP contribution in [0.5, 0.6) is 5.75 Å². The Morgan fingerprint density at radius 1 is 1.25 bits per heavy atom. The maximum Gasteiger partial charge on any atom is 0.273 e. The summed E-state index contributed by atoms with van der Waals surface area (Å²) in [6.07, 6.45) is 3.79. The van der Waals surface area contributed by atoms with E-state index in [4.69, 9.17) is 4.74 Å². The number of amides is 1. The van der Waals surface area contributed by atoms with Crippen LogP contribution in [0.25, 0.3) is 0 Å². The van der Waals surface area contributed by atoms with E-state index >= 15 is 0 Å². The number of ether oxygens (including phenoxy) is 1. The lowest BCUT2D eigenvalue weighted by atomic mass is 10.1. The van der Waals surface area contributed by atoms with Crippen LogP contribution in [0, 0.1) is 0 Å². The van der Waals surface area contributed by atoms with Gasteiger partial charge in [-0.15, -0.1) is 0 Å². The zero-order valence-electron chi connectivity index (χ0n) is 14.4. The molecule has 1 saturated carbocycles. The number of aromatic nitrogens is 1. The van der Waals surface area contributed by atoms with E-state index < -0.39 is 0 Å². The van der Waals surface area contributed by atoms with Gasteiger partial charge in [0.15, 0.2) is 0 Å². The molecule has 3 rings (SSSR count). The maximum atomic E-state index is 13.0. The monoisotopic (exact) mass is 325 g/mol. The summed E-state index contributed by atoms with van der Waals surface area (Å²) in [5, 5.41) is 0. The molecule has 0 spiro atoms. The molecule has 0 unspecified atom stereocenters. The highest BCUT2D eigenvalue weighted by molar-refractivity contribution is 5.93. The molecule has 1 aromatic carbocycles. The van der Waals surface area contributed by atoms with Crippen molar-refractivity contribution < 1.29 is 9.53 Å². The van der Waals surface area contributed by atoms with Crippen molar-refractivity contribution in [1.82, 2.24) is 9.88 Å². The number of carbonyl (C=O) groups excluding carboxylic acids is 1. The average Bonchev–Trinajstić information content (AvgIpc) is 3.44. The van der Waals surface area contributed by atoms with Crippen molar-refractivity contribution in [3.8, 4) is 5.75 Å². The lowest BCUT2D eigenvalue weighted by Crippen LogP contribution is -2.33. The van der Waals surface area contributed by atoms with Gasteiger partial charge in [0.1, 0.15) is 11.4 Å². The molecular formula is C19H23N3O2. The fraction of sp³-hybridized carbons (Fsp3) is 0.368. The minimum Gasteiger partial charge on any atom is -0.496 e. The molecule has 0 aliphatic heterocycles. The van der Waals surface area contributed by atoms with Crippen LogP contribution >= 0.6 is 0 Å². The van der Waals surface area contributed by atoms with E-state index in [-0.39, 0.29) is 5.91 Å². The normalized spacial score (nSPS) is 13.5. The number of methoxy groups -OCH3 is 1. The minimum atomic E-state index is -0.0212. The highest BCUT2D eigenvalue weighted by atomic mass is 16.5. The second kappa shape index (κ2) is 6.91. The standard InChI is InChI=1S/C19H23N3O2/c1-21(2)16-10-11-20-17(12-16)19(23)22(15-8-9-15)13-14-6-4-5-7-18(14)24-3/h4-7,10-12,15H,8-9,13H2,1-3H3. The Labute approximate surface area is 142 Å². The number of carbonyl (C=O) groups is 1. The van der Waals surface area contributed by atoms with Gasteiger partial charge in [0.2, 0.25) is 0 Å². The van der Waals surface area contributed by atoms with Crippen LogP contribution in [-0.2, 0) is 6.54 Å². The molecule has 0 atom stereocenters. The van der Waals surface area contributed by atoms with Gasteiger partial charge in [0.05, 0.1) is 7.11 Å². The summed E-state index contributed by atoms with van der Waals surface area (Å²) in [6.45, 7) is 0.543. The summed E-state index contributed by atoms with van der Waals surface area (Å²) in [5.74, 6) is 0.790. The summed E-state index contributed by atoms with van der Waals surface area (Å²) < 4.78 is 5.42. The van der Waals surface area contributed by atoms with Gasteiger partial charge >= 0.3 is 0 Å². The Hall–Kier alpha value is -2.56. The minimum absolute atomic E-state index is 0.0212. The van der Waals surface area contributed by atoms with E-state index in [1.54, 1.807) is 13.3 Å². The van der Waals surface area contributed by atoms with Gasteiger partial charge < -0.3 is 14.5 Å². The first kappa shape index (κ1) is 16.3. The van der Waals surface area contributed by atoms with Crippen molar-refractivity contribution in [3.05, 3.63) is 53.9 Å². The van der Waals surface area contributed by atoms with Crippen molar-refractivity contribution in [2.24, 2.45) is 0 Å². The van der Waals surface area contributed by atoms with Crippen molar-refractivity contribution in [3.63, 3.8) is 0 Å². The van der Waals surface area contributed by atoms with Crippen LogP contribution in [0.2, 0.25) is 0 Å². The second-order valence-electron chi connectivity index (χ2n) is 6.27. The third-order valence-corrected chi connectivity index (χ3v) is 4.26. The molecule has 0 N–H and O–H groups in total. The summed E-state index contributed by atoms with van der Waals surface area (Å²) in [6, 6.07) is 11.9. The van der Waals surface area contributed by atoms with Crippen molar-refractivity contribution >= 4 is 11.6 Å². The van der Waals surface area contributed by atoms with Gasteiger partial charge in [0.25, 0.3) is 5.91 Å². The summed E-state index contributed by atoms with van der Waals surface area (Å²) in [5.41, 5.74) is 2.48. The van der Waals surface area contributed by atoms with Gasteiger partial charge in [-0.3, -0.25) is 9.78 Å². The highest BCUT2D eigenvalue weighted by Crippen LogP contribution is 2.31. The van der Waals surface area contributed by atoms with Gasteiger partial charge in [-0.05, 0) is 31.0 Å². The molecule has 1 aromatic heterocycles. The number of nitrogens with zero attached hydrogens (tertiary/aromatic N) is 3. The molecule has 126 valence electrons. The zero-order chi connectivity index (χ0) is 17.1. The van der Waals surface area contributed by atoms with E-state index in [9.17, 15) is 4.79 Å². The maximum absolute atomic E-state index is 13.0. The number of hydrogen-bond acceptors (Lipinski definition) is 4. The predicted octanol–water partition coefficient (Wildman–Crippen LogP) is 2.96. The Kier molecular flexibility index (Phi) is 4.69. The second-order valence-corrected chi connectivity index (χ2v) is 6.27. The molecular weight excluding hydrogens is 302 g/mol. The smallest absolute Gasteiger partial charge is 0.273 e. The van der Waals surface area contributed by atoms with Gasteiger partial charge in [-0.1, -0.05) is 18.2 Å². The van der Waals surface area contributed by atoms with Gasteiger partial charge in [-0.2, -0.15) is 0 Å². The van der Waals surface area contributed by atoms with Crippen LogP contribution in [0.15, 0.2) is 42.6 Å². The van der Waals surface area contributed by atoms with Gasteiger partial charge in [0, 0.05) is 44.1 Å².